The smallest absolute Gasteiger partial charge is 0.410 e. The molecule has 0 saturated carbocycles. The minimum atomic E-state index is -0.816. The lowest BCUT2D eigenvalue weighted by Gasteiger charge is -2.35. The van der Waals surface area contributed by atoms with E-state index in [9.17, 15) is 19.5 Å². The van der Waals surface area contributed by atoms with Gasteiger partial charge < -0.3 is 34.4 Å². The summed E-state index contributed by atoms with van der Waals surface area (Å²) in [5, 5.41) is 17.9. The number of amides is 3. The van der Waals surface area contributed by atoms with Gasteiger partial charge in [0.1, 0.15) is 17.6 Å². The highest BCUT2D eigenvalue weighted by Gasteiger charge is 2.43. The first kappa shape index (κ1) is 34.4. The molecule has 1 aromatic carbocycles. The van der Waals surface area contributed by atoms with E-state index < -0.39 is 23.7 Å². The lowest BCUT2D eigenvalue weighted by Crippen LogP contribution is -2.50. The zero-order valence-corrected chi connectivity index (χ0v) is 29.0. The van der Waals surface area contributed by atoms with Crippen LogP contribution in [0.5, 0.6) is 0 Å². The van der Waals surface area contributed by atoms with Gasteiger partial charge in [-0.1, -0.05) is 43.3 Å². The highest BCUT2D eigenvalue weighted by atomic mass is 32.1. The Morgan fingerprint density at radius 3 is 2.36 bits per heavy atom. The second kappa shape index (κ2) is 14.0. The van der Waals surface area contributed by atoms with Crippen molar-refractivity contribution in [2.45, 2.75) is 84.6 Å². The van der Waals surface area contributed by atoms with E-state index in [1.54, 1.807) is 22.3 Å². The number of ether oxygens (including phenoxy) is 1. The number of aromatic nitrogens is 2. The first-order valence-corrected chi connectivity index (χ1v) is 17.1. The number of carbonyl (C=O) groups excluding carboxylic acids is 3. The maximum absolute atomic E-state index is 14.1. The molecule has 3 aromatic rings. The van der Waals surface area contributed by atoms with Gasteiger partial charge in [-0.25, -0.2) is 9.78 Å². The van der Waals surface area contributed by atoms with Crippen molar-refractivity contribution < 1.29 is 28.8 Å². The zero-order chi connectivity index (χ0) is 34.0. The third kappa shape index (κ3) is 7.95. The summed E-state index contributed by atoms with van der Waals surface area (Å²) in [6.45, 7) is 15.3. The molecule has 0 aliphatic carbocycles. The topological polar surface area (TPSA) is 141 Å². The van der Waals surface area contributed by atoms with E-state index >= 15 is 0 Å². The summed E-state index contributed by atoms with van der Waals surface area (Å²) < 4.78 is 11.2. The number of piperazine rings is 1. The lowest BCUT2D eigenvalue weighted by molar-refractivity contribution is -0.141. The second-order valence-electron chi connectivity index (χ2n) is 13.8. The number of carbonyl (C=O) groups is 3. The molecule has 4 heterocycles. The van der Waals surface area contributed by atoms with E-state index in [1.165, 1.54) is 4.90 Å². The van der Waals surface area contributed by atoms with Crippen LogP contribution in [0.4, 0.5) is 10.6 Å². The molecular weight excluding hydrogens is 620 g/mol. The van der Waals surface area contributed by atoms with Crippen LogP contribution in [0, 0.1) is 12.8 Å². The van der Waals surface area contributed by atoms with Crippen LogP contribution < -0.4 is 10.2 Å². The molecule has 13 heteroatoms. The average molecular weight is 667 g/mol. The molecule has 254 valence electrons. The number of β-amino-alcohol motifs (C(OH)–C–C–N with tert-alkyl or cyclic N) is 1. The van der Waals surface area contributed by atoms with E-state index in [0.717, 1.165) is 21.7 Å². The van der Waals surface area contributed by atoms with E-state index in [4.69, 9.17) is 9.26 Å². The van der Waals surface area contributed by atoms with Crippen LogP contribution in [-0.2, 0) is 14.3 Å². The minimum Gasteiger partial charge on any atom is -0.444 e. The number of hydrogen-bond acceptors (Lipinski definition) is 10. The second-order valence-corrected chi connectivity index (χ2v) is 14.6. The van der Waals surface area contributed by atoms with Gasteiger partial charge in [0.05, 0.1) is 28.2 Å². The molecule has 2 aliphatic rings. The van der Waals surface area contributed by atoms with Crippen LogP contribution in [0.25, 0.3) is 10.4 Å². The van der Waals surface area contributed by atoms with Gasteiger partial charge in [-0.2, -0.15) is 0 Å². The molecule has 2 N–H and O–H groups in total. The summed E-state index contributed by atoms with van der Waals surface area (Å²) in [4.78, 5) is 50.7. The first-order chi connectivity index (χ1) is 22.2. The summed E-state index contributed by atoms with van der Waals surface area (Å²) in [6.07, 6.45) is -1.00. The predicted octanol–water partition coefficient (Wildman–Crippen LogP) is 4.74. The molecule has 3 amide bonds. The molecule has 0 radical (unpaired) electrons. The molecule has 2 saturated heterocycles. The van der Waals surface area contributed by atoms with Crippen LogP contribution >= 0.6 is 11.3 Å². The monoisotopic (exact) mass is 666 g/mol. The van der Waals surface area contributed by atoms with Crippen molar-refractivity contribution in [3.05, 3.63) is 52.9 Å². The van der Waals surface area contributed by atoms with Crippen LogP contribution in [-0.4, -0.2) is 93.4 Å². The molecule has 0 unspecified atom stereocenters. The number of rotatable bonds is 8. The lowest BCUT2D eigenvalue weighted by atomic mass is 9.91. The van der Waals surface area contributed by atoms with Gasteiger partial charge in [0.15, 0.2) is 11.6 Å². The summed E-state index contributed by atoms with van der Waals surface area (Å²) in [6, 6.07) is 8.67. The van der Waals surface area contributed by atoms with Crippen molar-refractivity contribution >= 4 is 35.1 Å². The highest BCUT2D eigenvalue weighted by Crippen LogP contribution is 2.33. The van der Waals surface area contributed by atoms with Gasteiger partial charge in [0, 0.05) is 45.2 Å². The van der Waals surface area contributed by atoms with Crippen LogP contribution in [0.2, 0.25) is 0 Å². The Kier molecular flexibility index (Phi) is 10.3. The van der Waals surface area contributed by atoms with Crippen molar-refractivity contribution in [2.24, 2.45) is 5.92 Å². The predicted molar refractivity (Wildman–Crippen MR) is 179 cm³/mol. The van der Waals surface area contributed by atoms with E-state index in [0.29, 0.717) is 37.8 Å². The molecule has 4 atom stereocenters. The Morgan fingerprint density at radius 1 is 1.09 bits per heavy atom. The fraction of sp³-hybridized carbons (Fsp3) is 0.559. The molecule has 2 aromatic heterocycles. The number of hydrogen-bond donors (Lipinski definition) is 2. The van der Waals surface area contributed by atoms with E-state index in [2.05, 4.69) is 15.5 Å². The zero-order valence-electron chi connectivity index (χ0n) is 28.2. The summed E-state index contributed by atoms with van der Waals surface area (Å²) in [7, 11) is 0. The number of aliphatic hydroxyl groups is 1. The number of benzene rings is 1. The molecule has 0 spiro atoms. The van der Waals surface area contributed by atoms with Gasteiger partial charge >= 0.3 is 6.09 Å². The number of thiazole rings is 1. The van der Waals surface area contributed by atoms with Gasteiger partial charge in [0.25, 0.3) is 0 Å². The Hall–Kier alpha value is -3.97. The van der Waals surface area contributed by atoms with E-state index in [-0.39, 0.29) is 42.8 Å². The van der Waals surface area contributed by atoms with Crippen LogP contribution in [0.1, 0.15) is 76.9 Å². The molecule has 12 nitrogen and oxygen atoms in total. The van der Waals surface area contributed by atoms with Gasteiger partial charge in [0.2, 0.25) is 11.8 Å². The summed E-state index contributed by atoms with van der Waals surface area (Å²) in [5.41, 5.74) is 4.24. The number of nitrogens with zero attached hydrogens (tertiary/aromatic N) is 5. The molecule has 47 heavy (non-hydrogen) atoms. The molecule has 0 bridgehead atoms. The van der Waals surface area contributed by atoms with Gasteiger partial charge in [-0.3, -0.25) is 9.59 Å². The quantitative estimate of drug-likeness (QED) is 0.349. The molecule has 5 rings (SSSR count). The third-order valence-corrected chi connectivity index (χ3v) is 9.63. The van der Waals surface area contributed by atoms with Crippen molar-refractivity contribution in [2.75, 3.05) is 37.6 Å². The summed E-state index contributed by atoms with van der Waals surface area (Å²) >= 11 is 1.59. The average Bonchev–Trinajstić information content (AvgIpc) is 3.76. The van der Waals surface area contributed by atoms with Crippen molar-refractivity contribution in [1.82, 2.24) is 25.3 Å². The van der Waals surface area contributed by atoms with Gasteiger partial charge in [-0.05, 0) is 51.7 Å². The van der Waals surface area contributed by atoms with Gasteiger partial charge in [-0.15, -0.1) is 11.3 Å². The largest absolute Gasteiger partial charge is 0.444 e. The maximum Gasteiger partial charge on any atom is 0.410 e. The van der Waals surface area contributed by atoms with E-state index in [1.807, 2.05) is 83.1 Å². The number of likely N-dealkylation sites (tertiary alicyclic amines) is 1. The minimum absolute atomic E-state index is 0.0606. The van der Waals surface area contributed by atoms with Crippen LogP contribution in [0.3, 0.4) is 0 Å². The first-order valence-electron chi connectivity index (χ1n) is 16.2. The fourth-order valence-electron chi connectivity index (χ4n) is 6.13. The Morgan fingerprint density at radius 2 is 1.77 bits per heavy atom. The number of aryl methyl sites for hydroxylation is 1. The van der Waals surface area contributed by atoms with Crippen molar-refractivity contribution in [3.63, 3.8) is 0 Å². The molecular formula is C34H46N6O6S. The third-order valence-electron chi connectivity index (χ3n) is 8.65. The normalized spacial score (nSPS) is 20.0. The highest BCUT2D eigenvalue weighted by molar-refractivity contribution is 7.13. The van der Waals surface area contributed by atoms with Crippen molar-refractivity contribution in [1.29, 1.82) is 0 Å². The number of anilines is 1. The number of nitrogens with one attached hydrogen (secondary N) is 1. The SMILES string of the molecule is Cc1ncsc1-c1ccc([C@H](C)NC(=O)[C@H]2C[C@@H](O)CN2C(=O)[C@@H](c2cc(N3CCN(C(=O)OC(C)(C)C)CC3)no2)C(C)C)cc1. The summed E-state index contributed by atoms with van der Waals surface area (Å²) in [5.74, 6) is -0.462. The standard InChI is InChI=1S/C34H46N6O6S/c1-20(2)29(27-17-28(37-46-27)38-12-14-39(15-13-38)33(44)45-34(5,6)7)32(43)40-18-25(41)16-26(40)31(42)36-21(3)23-8-10-24(11-9-23)30-22(4)35-19-47-30/h8-11,17,19-21,25-26,29,41H,12-16,18H2,1-7H3,(H,36,42)/t21-,25+,26+,29+/m0/s1. The Bertz CT molecular complexity index is 1560. The maximum atomic E-state index is 14.1. The Balaban J connectivity index is 1.23. The molecule has 2 fully saturated rings. The van der Waals surface area contributed by atoms with Crippen molar-refractivity contribution in [3.8, 4) is 10.4 Å². The van der Waals surface area contributed by atoms with Crippen LogP contribution in [0.15, 0.2) is 40.4 Å². The molecule has 2 aliphatic heterocycles. The fourth-order valence-corrected chi connectivity index (χ4v) is 6.95. The number of aliphatic hydroxyl groups excluding tert-OH is 1. The Labute approximate surface area is 280 Å².